The smallest absolute Gasteiger partial charge is 0.315 e. The van der Waals surface area contributed by atoms with Gasteiger partial charge in [0.25, 0.3) is 0 Å². The number of amides is 2. The molecule has 0 saturated heterocycles. The molecule has 0 aliphatic heterocycles. The summed E-state index contributed by atoms with van der Waals surface area (Å²) in [4.78, 5) is 21.3. The molecular weight excluding hydrogens is 362 g/mol. The Labute approximate surface area is 169 Å². The number of carbonyl (C=O) groups is 1. The monoisotopic (exact) mass is 385 g/mol. The Bertz CT molecular complexity index is 1100. The molecule has 6 heteroatoms. The van der Waals surface area contributed by atoms with Crippen molar-refractivity contribution in [3.63, 3.8) is 0 Å². The number of imidazole rings is 1. The summed E-state index contributed by atoms with van der Waals surface area (Å²) in [5, 5.41) is 5.80. The highest BCUT2D eigenvalue weighted by Crippen LogP contribution is 2.19. The highest BCUT2D eigenvalue weighted by atomic mass is 16.2. The number of benzene rings is 2. The van der Waals surface area contributed by atoms with Gasteiger partial charge in [0, 0.05) is 31.4 Å². The zero-order valence-corrected chi connectivity index (χ0v) is 16.3. The average Bonchev–Trinajstić information content (AvgIpc) is 3.12. The van der Waals surface area contributed by atoms with Gasteiger partial charge < -0.3 is 10.6 Å². The van der Waals surface area contributed by atoms with Crippen molar-refractivity contribution < 1.29 is 4.79 Å². The number of aryl methyl sites for hydroxylation is 1. The summed E-state index contributed by atoms with van der Waals surface area (Å²) in [6.45, 7) is 3.02. The topological polar surface area (TPSA) is 71.8 Å². The SMILES string of the molecule is Cc1ccc(CNC(=O)NCCc2nc3cccnc3n2-c2ccccc2)cc1. The van der Waals surface area contributed by atoms with Crippen molar-refractivity contribution in [3.8, 4) is 5.69 Å². The van der Waals surface area contributed by atoms with Crippen molar-refractivity contribution in [2.24, 2.45) is 0 Å². The van der Waals surface area contributed by atoms with Crippen molar-refractivity contribution in [2.45, 2.75) is 19.9 Å². The van der Waals surface area contributed by atoms with E-state index in [-0.39, 0.29) is 6.03 Å². The first-order valence-corrected chi connectivity index (χ1v) is 9.66. The van der Waals surface area contributed by atoms with Crippen molar-refractivity contribution in [1.82, 2.24) is 25.2 Å². The molecule has 2 N–H and O–H groups in total. The molecule has 0 aliphatic carbocycles. The average molecular weight is 385 g/mol. The first-order valence-electron chi connectivity index (χ1n) is 9.66. The van der Waals surface area contributed by atoms with Crippen LogP contribution in [0, 0.1) is 6.92 Å². The van der Waals surface area contributed by atoms with E-state index in [2.05, 4.69) is 15.6 Å². The second kappa shape index (κ2) is 8.56. The van der Waals surface area contributed by atoms with Gasteiger partial charge in [-0.1, -0.05) is 48.0 Å². The molecule has 4 rings (SSSR count). The van der Waals surface area contributed by atoms with Crippen LogP contribution in [-0.2, 0) is 13.0 Å². The highest BCUT2D eigenvalue weighted by molar-refractivity contribution is 5.74. The van der Waals surface area contributed by atoms with Gasteiger partial charge in [-0.3, -0.25) is 4.57 Å². The molecule has 6 nitrogen and oxygen atoms in total. The van der Waals surface area contributed by atoms with E-state index in [1.807, 2.05) is 78.2 Å². The number of nitrogens with zero attached hydrogens (tertiary/aromatic N) is 3. The van der Waals surface area contributed by atoms with Crippen molar-refractivity contribution in [1.29, 1.82) is 0 Å². The second-order valence-corrected chi connectivity index (χ2v) is 6.89. The molecule has 29 heavy (non-hydrogen) atoms. The van der Waals surface area contributed by atoms with Gasteiger partial charge in [0.1, 0.15) is 11.3 Å². The standard InChI is InChI=1S/C23H23N5O/c1-17-9-11-18(12-10-17)16-26-23(29)25-15-13-21-27-20-8-5-14-24-22(20)28(21)19-6-3-2-4-7-19/h2-12,14H,13,15-16H2,1H3,(H2,25,26,29). The lowest BCUT2D eigenvalue weighted by atomic mass is 10.1. The van der Waals surface area contributed by atoms with Gasteiger partial charge >= 0.3 is 6.03 Å². The molecule has 2 aromatic carbocycles. The fourth-order valence-corrected chi connectivity index (χ4v) is 3.21. The first-order chi connectivity index (χ1) is 14.2. The predicted octanol–water partition coefficient (Wildman–Crippen LogP) is 3.77. The van der Waals surface area contributed by atoms with Gasteiger partial charge in [-0.2, -0.15) is 0 Å². The Kier molecular flexibility index (Phi) is 5.52. The van der Waals surface area contributed by atoms with Crippen LogP contribution in [0.2, 0.25) is 0 Å². The molecule has 2 amide bonds. The summed E-state index contributed by atoms with van der Waals surface area (Å²) in [6.07, 6.45) is 2.37. The number of nitrogens with one attached hydrogen (secondary N) is 2. The molecule has 0 spiro atoms. The summed E-state index contributed by atoms with van der Waals surface area (Å²) in [6, 6.07) is 21.8. The van der Waals surface area contributed by atoms with Crippen molar-refractivity contribution in [3.05, 3.63) is 89.9 Å². The van der Waals surface area contributed by atoms with Gasteiger partial charge in [-0.05, 0) is 36.8 Å². The maximum absolute atomic E-state index is 12.1. The molecule has 0 fully saturated rings. The number of hydrogen-bond acceptors (Lipinski definition) is 3. The van der Waals surface area contributed by atoms with Crippen LogP contribution in [0.15, 0.2) is 72.9 Å². The summed E-state index contributed by atoms with van der Waals surface area (Å²) >= 11 is 0. The highest BCUT2D eigenvalue weighted by Gasteiger charge is 2.13. The minimum absolute atomic E-state index is 0.189. The Balaban J connectivity index is 1.41. The number of carbonyl (C=O) groups excluding carboxylic acids is 1. The molecule has 2 aromatic heterocycles. The molecule has 0 aliphatic rings. The summed E-state index contributed by atoms with van der Waals surface area (Å²) in [5.41, 5.74) is 4.94. The van der Waals surface area contributed by atoms with Gasteiger partial charge in [0.15, 0.2) is 5.65 Å². The normalized spacial score (nSPS) is 10.8. The zero-order valence-electron chi connectivity index (χ0n) is 16.3. The molecule has 0 atom stereocenters. The zero-order chi connectivity index (χ0) is 20.1. The number of rotatable bonds is 6. The Morgan fingerprint density at radius 2 is 1.76 bits per heavy atom. The summed E-state index contributed by atoms with van der Waals surface area (Å²) < 4.78 is 2.04. The van der Waals surface area contributed by atoms with E-state index in [0.29, 0.717) is 19.5 Å². The number of urea groups is 1. The Morgan fingerprint density at radius 3 is 2.55 bits per heavy atom. The quantitative estimate of drug-likeness (QED) is 0.531. The van der Waals surface area contributed by atoms with E-state index in [1.54, 1.807) is 6.20 Å². The lowest BCUT2D eigenvalue weighted by Crippen LogP contribution is -2.36. The van der Waals surface area contributed by atoms with Crippen molar-refractivity contribution >= 4 is 17.2 Å². The Hall–Kier alpha value is -3.67. The second-order valence-electron chi connectivity index (χ2n) is 6.89. The van der Waals surface area contributed by atoms with Crippen LogP contribution in [0.1, 0.15) is 17.0 Å². The number of pyridine rings is 1. The molecule has 2 heterocycles. The van der Waals surface area contributed by atoms with E-state index in [0.717, 1.165) is 28.2 Å². The van der Waals surface area contributed by atoms with E-state index in [9.17, 15) is 4.79 Å². The summed E-state index contributed by atoms with van der Waals surface area (Å²) in [5.74, 6) is 0.865. The lowest BCUT2D eigenvalue weighted by Gasteiger charge is -2.10. The van der Waals surface area contributed by atoms with Crippen LogP contribution in [0.3, 0.4) is 0 Å². The Morgan fingerprint density at radius 1 is 0.966 bits per heavy atom. The largest absolute Gasteiger partial charge is 0.338 e. The molecule has 0 saturated carbocycles. The number of fused-ring (bicyclic) bond motifs is 1. The number of para-hydroxylation sites is 1. The fraction of sp³-hybridized carbons (Fsp3) is 0.174. The molecule has 0 unspecified atom stereocenters. The maximum atomic E-state index is 12.1. The van der Waals surface area contributed by atoms with E-state index >= 15 is 0 Å². The molecule has 0 radical (unpaired) electrons. The number of aromatic nitrogens is 3. The van der Waals surface area contributed by atoms with E-state index in [1.165, 1.54) is 5.56 Å². The minimum atomic E-state index is -0.189. The van der Waals surface area contributed by atoms with Gasteiger partial charge in [0.05, 0.1) is 0 Å². The summed E-state index contributed by atoms with van der Waals surface area (Å²) in [7, 11) is 0. The van der Waals surface area contributed by atoms with Gasteiger partial charge in [0.2, 0.25) is 0 Å². The van der Waals surface area contributed by atoms with Crippen LogP contribution in [-0.4, -0.2) is 27.1 Å². The fourth-order valence-electron chi connectivity index (χ4n) is 3.21. The van der Waals surface area contributed by atoms with Crippen LogP contribution >= 0.6 is 0 Å². The lowest BCUT2D eigenvalue weighted by molar-refractivity contribution is 0.240. The maximum Gasteiger partial charge on any atom is 0.315 e. The third-order valence-corrected chi connectivity index (χ3v) is 4.71. The minimum Gasteiger partial charge on any atom is -0.338 e. The van der Waals surface area contributed by atoms with Crippen LogP contribution in [0.25, 0.3) is 16.9 Å². The first kappa shape index (κ1) is 18.7. The third-order valence-electron chi connectivity index (χ3n) is 4.71. The predicted molar refractivity (Wildman–Crippen MR) is 114 cm³/mol. The molecule has 0 bridgehead atoms. The van der Waals surface area contributed by atoms with Gasteiger partial charge in [-0.15, -0.1) is 0 Å². The number of hydrogen-bond donors (Lipinski definition) is 2. The van der Waals surface area contributed by atoms with Crippen LogP contribution < -0.4 is 10.6 Å². The third kappa shape index (κ3) is 4.43. The van der Waals surface area contributed by atoms with Gasteiger partial charge in [-0.25, -0.2) is 14.8 Å². The van der Waals surface area contributed by atoms with E-state index in [4.69, 9.17) is 4.98 Å². The van der Waals surface area contributed by atoms with Crippen LogP contribution in [0.5, 0.6) is 0 Å². The van der Waals surface area contributed by atoms with Crippen molar-refractivity contribution in [2.75, 3.05) is 6.54 Å². The molecule has 4 aromatic rings. The molecule has 146 valence electrons. The van der Waals surface area contributed by atoms with Crippen LogP contribution in [0.4, 0.5) is 4.79 Å². The molecular formula is C23H23N5O. The van der Waals surface area contributed by atoms with E-state index < -0.39 is 0 Å².